The lowest BCUT2D eigenvalue weighted by Crippen LogP contribution is -2.41. The molecule has 1 amide bonds. The lowest BCUT2D eigenvalue weighted by molar-refractivity contribution is -0.118. The molecule has 0 unspecified atom stereocenters. The summed E-state index contributed by atoms with van der Waals surface area (Å²) in [5.74, 6) is -0.163. The van der Waals surface area contributed by atoms with Gasteiger partial charge in [0.15, 0.2) is 6.29 Å². The minimum atomic E-state index is -0.629. The summed E-state index contributed by atoms with van der Waals surface area (Å²) in [5.41, 5.74) is 0.738. The van der Waals surface area contributed by atoms with E-state index in [0.717, 1.165) is 0 Å². The third-order valence-electron chi connectivity index (χ3n) is 4.64. The van der Waals surface area contributed by atoms with Crippen LogP contribution in [0.1, 0.15) is 50.5 Å². The standard InChI is InChI=1S/C18H23BClNO4/c1-12(23)21-10-14(19-24-17(2,3)18(4,5)25-19)9-13-7-6-8-16(20)15(13)11-22/h6-9,11H,10H2,1-5H3,(H,21,23). The molecule has 1 aliphatic heterocycles. The second-order valence-corrected chi connectivity index (χ2v) is 7.49. The Kier molecular flexibility index (Phi) is 5.77. The van der Waals surface area contributed by atoms with Gasteiger partial charge in [-0.25, -0.2) is 0 Å². The molecule has 0 aliphatic carbocycles. The van der Waals surface area contributed by atoms with E-state index < -0.39 is 18.3 Å². The van der Waals surface area contributed by atoms with Crippen molar-refractivity contribution in [2.45, 2.75) is 45.8 Å². The fraction of sp³-hybridized carbons (Fsp3) is 0.444. The van der Waals surface area contributed by atoms with Gasteiger partial charge in [-0.1, -0.05) is 29.8 Å². The van der Waals surface area contributed by atoms with Gasteiger partial charge in [0.05, 0.1) is 16.2 Å². The van der Waals surface area contributed by atoms with Crippen LogP contribution in [0.4, 0.5) is 0 Å². The van der Waals surface area contributed by atoms with Crippen LogP contribution in [0.5, 0.6) is 0 Å². The van der Waals surface area contributed by atoms with E-state index in [0.29, 0.717) is 27.9 Å². The van der Waals surface area contributed by atoms with Crippen molar-refractivity contribution in [3.8, 4) is 0 Å². The van der Waals surface area contributed by atoms with Crippen LogP contribution in [0.2, 0.25) is 5.02 Å². The summed E-state index contributed by atoms with van der Waals surface area (Å²) in [6.45, 7) is 9.52. The highest BCUT2D eigenvalue weighted by molar-refractivity contribution is 6.56. The van der Waals surface area contributed by atoms with E-state index in [-0.39, 0.29) is 12.5 Å². The zero-order chi connectivity index (χ0) is 18.8. The van der Waals surface area contributed by atoms with Crippen molar-refractivity contribution in [2.75, 3.05) is 6.54 Å². The summed E-state index contributed by atoms with van der Waals surface area (Å²) in [6.07, 6.45) is 2.50. The van der Waals surface area contributed by atoms with Crippen LogP contribution in [-0.2, 0) is 14.1 Å². The maximum Gasteiger partial charge on any atom is 0.492 e. The van der Waals surface area contributed by atoms with E-state index >= 15 is 0 Å². The number of halogens is 1. The van der Waals surface area contributed by atoms with Gasteiger partial charge in [-0.3, -0.25) is 9.59 Å². The first-order valence-corrected chi connectivity index (χ1v) is 8.49. The van der Waals surface area contributed by atoms with Crippen molar-refractivity contribution in [2.24, 2.45) is 0 Å². The predicted octanol–water partition coefficient (Wildman–Crippen LogP) is 3.30. The Balaban J connectivity index is 2.42. The van der Waals surface area contributed by atoms with Crippen molar-refractivity contribution in [1.29, 1.82) is 0 Å². The molecular weight excluding hydrogens is 340 g/mol. The highest BCUT2D eigenvalue weighted by Crippen LogP contribution is 2.39. The fourth-order valence-corrected chi connectivity index (χ4v) is 2.65. The first-order chi connectivity index (χ1) is 11.6. The summed E-state index contributed by atoms with van der Waals surface area (Å²) >= 11 is 6.10. The first kappa shape index (κ1) is 19.7. The molecule has 0 atom stereocenters. The summed E-state index contributed by atoms with van der Waals surface area (Å²) in [5, 5.41) is 3.13. The monoisotopic (exact) mass is 363 g/mol. The Hall–Kier alpha value is -1.63. The molecule has 2 rings (SSSR count). The van der Waals surface area contributed by atoms with Gasteiger partial charge in [-0.05, 0) is 44.8 Å². The van der Waals surface area contributed by atoms with Crippen molar-refractivity contribution in [3.63, 3.8) is 0 Å². The fourth-order valence-electron chi connectivity index (χ4n) is 2.43. The smallest absolute Gasteiger partial charge is 0.400 e. The average Bonchev–Trinajstić information content (AvgIpc) is 2.71. The van der Waals surface area contributed by atoms with Crippen LogP contribution >= 0.6 is 11.6 Å². The molecule has 25 heavy (non-hydrogen) atoms. The highest BCUT2D eigenvalue weighted by Gasteiger charge is 2.52. The van der Waals surface area contributed by atoms with Crippen LogP contribution in [0.3, 0.4) is 0 Å². The number of amides is 1. The van der Waals surface area contributed by atoms with E-state index in [1.807, 2.05) is 27.7 Å². The first-order valence-electron chi connectivity index (χ1n) is 8.11. The number of nitrogens with one attached hydrogen (secondary N) is 1. The zero-order valence-corrected chi connectivity index (χ0v) is 15.9. The zero-order valence-electron chi connectivity index (χ0n) is 15.2. The number of hydrogen-bond acceptors (Lipinski definition) is 4. The molecule has 5 nitrogen and oxygen atoms in total. The normalized spacial score (nSPS) is 19.0. The van der Waals surface area contributed by atoms with Crippen LogP contribution in [0, 0.1) is 0 Å². The van der Waals surface area contributed by atoms with Crippen molar-refractivity contribution >= 4 is 37.0 Å². The van der Waals surface area contributed by atoms with Gasteiger partial charge in [0.1, 0.15) is 0 Å². The Morgan fingerprint density at radius 3 is 2.36 bits per heavy atom. The van der Waals surface area contributed by atoms with Gasteiger partial charge in [0.25, 0.3) is 0 Å². The van der Waals surface area contributed by atoms with Crippen LogP contribution in [0.15, 0.2) is 23.7 Å². The second kappa shape index (κ2) is 7.32. The maximum absolute atomic E-state index is 11.4. The minimum Gasteiger partial charge on any atom is -0.400 e. The van der Waals surface area contributed by atoms with Crippen molar-refractivity contribution < 1.29 is 18.9 Å². The SMILES string of the molecule is CC(=O)NCC(=Cc1cccc(Cl)c1C=O)B1OC(C)(C)C(C)(C)O1. The quantitative estimate of drug-likeness (QED) is 0.644. The molecule has 0 bridgehead atoms. The Labute approximate surface area is 153 Å². The molecule has 1 aromatic carbocycles. The summed E-state index contributed by atoms with van der Waals surface area (Å²) < 4.78 is 12.1. The van der Waals surface area contributed by atoms with E-state index in [9.17, 15) is 9.59 Å². The Morgan fingerprint density at radius 2 is 1.84 bits per heavy atom. The number of carbonyl (C=O) groups is 2. The van der Waals surface area contributed by atoms with E-state index in [4.69, 9.17) is 20.9 Å². The van der Waals surface area contributed by atoms with E-state index in [1.54, 1.807) is 24.3 Å². The third kappa shape index (κ3) is 4.32. The molecule has 1 N–H and O–H groups in total. The van der Waals surface area contributed by atoms with Crippen LogP contribution < -0.4 is 5.32 Å². The lowest BCUT2D eigenvalue weighted by atomic mass is 9.76. The molecule has 134 valence electrons. The molecule has 1 heterocycles. The molecular formula is C18H23BClNO4. The van der Waals surface area contributed by atoms with E-state index in [2.05, 4.69) is 5.32 Å². The summed E-state index contributed by atoms with van der Waals surface area (Å²) in [7, 11) is -0.629. The van der Waals surface area contributed by atoms with Gasteiger partial charge in [0, 0.05) is 19.0 Å². The molecule has 0 saturated carbocycles. The minimum absolute atomic E-state index is 0.163. The summed E-state index contributed by atoms with van der Waals surface area (Å²) in [4.78, 5) is 22.7. The van der Waals surface area contributed by atoms with Crippen molar-refractivity contribution in [1.82, 2.24) is 5.32 Å². The summed E-state index contributed by atoms with van der Waals surface area (Å²) in [6, 6.07) is 5.21. The lowest BCUT2D eigenvalue weighted by Gasteiger charge is -2.32. The third-order valence-corrected chi connectivity index (χ3v) is 4.97. The molecule has 1 aromatic rings. The molecule has 0 spiro atoms. The topological polar surface area (TPSA) is 64.6 Å². The van der Waals surface area contributed by atoms with Gasteiger partial charge >= 0.3 is 7.12 Å². The number of rotatable bonds is 5. The number of hydrogen-bond donors (Lipinski definition) is 1. The van der Waals surface area contributed by atoms with Gasteiger partial charge in [0.2, 0.25) is 5.91 Å². The maximum atomic E-state index is 11.4. The van der Waals surface area contributed by atoms with Gasteiger partial charge < -0.3 is 14.6 Å². The van der Waals surface area contributed by atoms with Crippen LogP contribution in [-0.4, -0.2) is 37.1 Å². The number of aldehydes is 1. The molecule has 7 heteroatoms. The highest BCUT2D eigenvalue weighted by atomic mass is 35.5. The Bertz CT molecular complexity index is 699. The molecule has 0 radical (unpaired) electrons. The molecule has 1 aliphatic rings. The molecule has 1 saturated heterocycles. The second-order valence-electron chi connectivity index (χ2n) is 7.08. The van der Waals surface area contributed by atoms with Crippen LogP contribution in [0.25, 0.3) is 6.08 Å². The number of benzene rings is 1. The van der Waals surface area contributed by atoms with Gasteiger partial charge in [-0.15, -0.1) is 0 Å². The largest absolute Gasteiger partial charge is 0.492 e. The Morgan fingerprint density at radius 1 is 1.24 bits per heavy atom. The average molecular weight is 364 g/mol. The van der Waals surface area contributed by atoms with E-state index in [1.165, 1.54) is 6.92 Å². The predicted molar refractivity (Wildman–Crippen MR) is 99.6 cm³/mol. The molecule has 0 aromatic heterocycles. The number of carbonyl (C=O) groups excluding carboxylic acids is 2. The molecule has 1 fully saturated rings. The van der Waals surface area contributed by atoms with Gasteiger partial charge in [-0.2, -0.15) is 0 Å². The van der Waals surface area contributed by atoms with Crippen molar-refractivity contribution in [3.05, 3.63) is 39.8 Å².